The summed E-state index contributed by atoms with van der Waals surface area (Å²) in [6, 6.07) is 0. The fourth-order valence-corrected chi connectivity index (χ4v) is 2.47. The van der Waals surface area contributed by atoms with Crippen LogP contribution in [0, 0.1) is 17.3 Å². The predicted molar refractivity (Wildman–Crippen MR) is 47.7 cm³/mol. The molecule has 1 saturated carbocycles. The van der Waals surface area contributed by atoms with Crippen molar-refractivity contribution in [2.75, 3.05) is 0 Å². The highest BCUT2D eigenvalue weighted by molar-refractivity contribution is 5.80. The first kappa shape index (κ1) is 9.72. The second-order valence-corrected chi connectivity index (χ2v) is 4.57. The lowest BCUT2D eigenvalue weighted by Gasteiger charge is -2.52. The Kier molecular flexibility index (Phi) is 2.30. The molecule has 0 aromatic carbocycles. The molecule has 1 aliphatic carbocycles. The zero-order valence-corrected chi connectivity index (χ0v) is 8.29. The van der Waals surface area contributed by atoms with E-state index in [1.807, 2.05) is 6.92 Å². The molecule has 0 spiro atoms. The van der Waals surface area contributed by atoms with Crippen LogP contribution in [0.15, 0.2) is 0 Å². The largest absolute Gasteiger partial charge is 0.393 e. The van der Waals surface area contributed by atoms with E-state index in [-0.39, 0.29) is 23.2 Å². The Morgan fingerprint density at radius 3 is 2.33 bits per heavy atom. The first-order chi connectivity index (χ1) is 5.37. The lowest BCUT2D eigenvalue weighted by Crippen LogP contribution is -2.52. The predicted octanol–water partition coefficient (Wildman–Crippen LogP) is 1.62. The molecular formula is C10H18O2. The first-order valence-corrected chi connectivity index (χ1v) is 4.56. The summed E-state index contributed by atoms with van der Waals surface area (Å²) in [5.74, 6) is 0.723. The van der Waals surface area contributed by atoms with Gasteiger partial charge in [-0.1, -0.05) is 13.8 Å². The minimum atomic E-state index is -0.282. The molecule has 0 unspecified atom stereocenters. The lowest BCUT2D eigenvalue weighted by molar-refractivity contribution is -0.143. The molecular weight excluding hydrogens is 152 g/mol. The summed E-state index contributed by atoms with van der Waals surface area (Å²) >= 11 is 0. The molecule has 2 nitrogen and oxygen atoms in total. The number of ketones is 1. The molecule has 2 heteroatoms. The molecule has 1 rings (SSSR count). The smallest absolute Gasteiger partial charge is 0.133 e. The Balaban J connectivity index is 2.66. The number of aliphatic hydroxyl groups excluding tert-OH is 1. The van der Waals surface area contributed by atoms with Gasteiger partial charge in [0.15, 0.2) is 0 Å². The number of hydrogen-bond acceptors (Lipinski definition) is 2. The molecule has 0 aliphatic heterocycles. The highest BCUT2D eigenvalue weighted by Crippen LogP contribution is 2.52. The van der Waals surface area contributed by atoms with Gasteiger partial charge in [-0.15, -0.1) is 0 Å². The van der Waals surface area contributed by atoms with Gasteiger partial charge in [0.1, 0.15) is 5.78 Å². The van der Waals surface area contributed by atoms with Gasteiger partial charge in [-0.2, -0.15) is 0 Å². The Morgan fingerprint density at radius 1 is 1.58 bits per heavy atom. The summed E-state index contributed by atoms with van der Waals surface area (Å²) in [4.78, 5) is 11.1. The quantitative estimate of drug-likeness (QED) is 0.683. The minimum absolute atomic E-state index is 0. The van der Waals surface area contributed by atoms with Crippen LogP contribution in [-0.4, -0.2) is 17.0 Å². The number of rotatable bonds is 2. The monoisotopic (exact) mass is 170 g/mol. The van der Waals surface area contributed by atoms with Gasteiger partial charge in [0.2, 0.25) is 0 Å². The fourth-order valence-electron chi connectivity index (χ4n) is 2.47. The normalized spacial score (nSPS) is 35.4. The van der Waals surface area contributed by atoms with Crippen molar-refractivity contribution in [3.05, 3.63) is 0 Å². The maximum absolute atomic E-state index is 11.1. The van der Waals surface area contributed by atoms with E-state index in [2.05, 4.69) is 13.8 Å². The fraction of sp³-hybridized carbons (Fsp3) is 0.900. The molecule has 1 aliphatic rings. The first-order valence-electron chi connectivity index (χ1n) is 4.56. The van der Waals surface area contributed by atoms with Gasteiger partial charge in [-0.25, -0.2) is 0 Å². The lowest BCUT2D eigenvalue weighted by atomic mass is 9.52. The number of carbonyl (C=O) groups excluding carboxylic acids is 1. The highest BCUT2D eigenvalue weighted by Gasteiger charge is 2.51. The number of carbonyl (C=O) groups is 1. The van der Waals surface area contributed by atoms with Crippen molar-refractivity contribution in [1.29, 1.82) is 0 Å². The Labute approximate surface area is 74.0 Å². The van der Waals surface area contributed by atoms with Crippen LogP contribution in [0.4, 0.5) is 0 Å². The molecule has 1 fully saturated rings. The summed E-state index contributed by atoms with van der Waals surface area (Å²) in [5, 5.41) is 9.40. The second-order valence-electron chi connectivity index (χ2n) is 4.57. The molecule has 0 saturated heterocycles. The Bertz CT molecular complexity index is 194. The average Bonchev–Trinajstić information content (AvgIpc) is 1.83. The van der Waals surface area contributed by atoms with Crippen molar-refractivity contribution < 1.29 is 9.90 Å². The van der Waals surface area contributed by atoms with Crippen molar-refractivity contribution >= 4 is 5.78 Å². The number of aliphatic hydroxyl groups is 1. The van der Waals surface area contributed by atoms with Crippen molar-refractivity contribution in [2.24, 2.45) is 17.3 Å². The summed E-state index contributed by atoms with van der Waals surface area (Å²) < 4.78 is 0. The molecule has 1 N–H and O–H groups in total. The SMILES string of the molecule is CC(=O)[C@@H]1C[C@H]([C@@H](C)O)C1(C)C. The van der Waals surface area contributed by atoms with Gasteiger partial charge >= 0.3 is 0 Å². The van der Waals surface area contributed by atoms with Gasteiger partial charge in [0.05, 0.1) is 6.10 Å². The third kappa shape index (κ3) is 1.28. The van der Waals surface area contributed by atoms with Crippen LogP contribution in [0.25, 0.3) is 0 Å². The van der Waals surface area contributed by atoms with Crippen molar-refractivity contribution in [1.82, 2.24) is 0 Å². The van der Waals surface area contributed by atoms with Crippen molar-refractivity contribution in [2.45, 2.75) is 40.2 Å². The van der Waals surface area contributed by atoms with Crippen molar-refractivity contribution in [3.63, 3.8) is 0 Å². The van der Waals surface area contributed by atoms with Gasteiger partial charge < -0.3 is 5.11 Å². The third-order valence-electron chi connectivity index (χ3n) is 3.42. The van der Waals surface area contributed by atoms with Crippen LogP contribution in [0.2, 0.25) is 0 Å². The molecule has 70 valence electrons. The van der Waals surface area contributed by atoms with Crippen LogP contribution in [0.1, 0.15) is 34.1 Å². The zero-order valence-electron chi connectivity index (χ0n) is 8.29. The van der Waals surface area contributed by atoms with E-state index >= 15 is 0 Å². The third-order valence-corrected chi connectivity index (χ3v) is 3.42. The molecule has 0 aromatic heterocycles. The van der Waals surface area contributed by atoms with E-state index in [0.29, 0.717) is 5.92 Å². The second kappa shape index (κ2) is 2.84. The summed E-state index contributed by atoms with van der Waals surface area (Å²) in [5.41, 5.74) is 0. The zero-order chi connectivity index (χ0) is 9.52. The van der Waals surface area contributed by atoms with E-state index < -0.39 is 0 Å². The summed E-state index contributed by atoms with van der Waals surface area (Å²) in [6.07, 6.45) is 0.579. The van der Waals surface area contributed by atoms with Gasteiger partial charge in [0.25, 0.3) is 0 Å². The van der Waals surface area contributed by atoms with Crippen LogP contribution in [-0.2, 0) is 4.79 Å². The van der Waals surface area contributed by atoms with E-state index in [1.165, 1.54) is 0 Å². The standard InChI is InChI=1S/C10H18O2/c1-6(11)8-5-9(7(2)12)10(8,3)4/h6,8-9,11H,5H2,1-4H3/t6-,8-,9+/m1/s1. The van der Waals surface area contributed by atoms with E-state index in [1.54, 1.807) is 6.92 Å². The number of hydrogen-bond donors (Lipinski definition) is 1. The van der Waals surface area contributed by atoms with Crippen LogP contribution in [0.3, 0.4) is 0 Å². The summed E-state index contributed by atoms with van der Waals surface area (Å²) in [7, 11) is 0. The molecule has 0 aromatic rings. The molecule has 0 radical (unpaired) electrons. The average molecular weight is 170 g/mol. The Morgan fingerprint density at radius 2 is 2.08 bits per heavy atom. The van der Waals surface area contributed by atoms with Crippen LogP contribution in [0.5, 0.6) is 0 Å². The number of Topliss-reactive ketones (excluding diaryl/α,β-unsaturated/α-hetero) is 1. The molecule has 0 heterocycles. The van der Waals surface area contributed by atoms with Crippen LogP contribution >= 0.6 is 0 Å². The molecule has 0 amide bonds. The van der Waals surface area contributed by atoms with Gasteiger partial charge in [-0.3, -0.25) is 4.79 Å². The maximum atomic E-state index is 11.1. The van der Waals surface area contributed by atoms with E-state index in [9.17, 15) is 9.90 Å². The maximum Gasteiger partial charge on any atom is 0.133 e. The molecule has 3 atom stereocenters. The highest BCUT2D eigenvalue weighted by atomic mass is 16.3. The Hall–Kier alpha value is -0.370. The van der Waals surface area contributed by atoms with E-state index in [0.717, 1.165) is 6.42 Å². The molecule has 12 heavy (non-hydrogen) atoms. The van der Waals surface area contributed by atoms with Gasteiger partial charge in [0, 0.05) is 5.92 Å². The van der Waals surface area contributed by atoms with Crippen molar-refractivity contribution in [3.8, 4) is 0 Å². The van der Waals surface area contributed by atoms with Gasteiger partial charge in [-0.05, 0) is 31.6 Å². The topological polar surface area (TPSA) is 37.3 Å². The molecule has 0 bridgehead atoms. The van der Waals surface area contributed by atoms with E-state index in [4.69, 9.17) is 0 Å². The minimum Gasteiger partial charge on any atom is -0.393 e. The summed E-state index contributed by atoms with van der Waals surface area (Å²) in [6.45, 7) is 7.59. The van der Waals surface area contributed by atoms with Crippen LogP contribution < -0.4 is 0 Å².